The highest BCUT2D eigenvalue weighted by molar-refractivity contribution is 7.92. The number of hydrogen-bond acceptors (Lipinski definition) is 7. The summed E-state index contributed by atoms with van der Waals surface area (Å²) in [6, 6.07) is 26.1. The predicted octanol–water partition coefficient (Wildman–Crippen LogP) is 5.06. The van der Waals surface area contributed by atoms with Gasteiger partial charge in [-0.3, -0.25) is 13.9 Å². The minimum absolute atomic E-state index is 0.132. The van der Waals surface area contributed by atoms with Crippen molar-refractivity contribution in [1.82, 2.24) is 5.43 Å². The Morgan fingerprint density at radius 2 is 1.61 bits per heavy atom. The second-order valence-corrected chi connectivity index (χ2v) is 11.9. The number of nitrogens with zero attached hydrogens (tertiary/aromatic N) is 2. The van der Waals surface area contributed by atoms with Crippen LogP contribution in [0, 0.1) is 13.8 Å². The molecule has 0 unspecified atom stereocenters. The maximum Gasteiger partial charge on any atom is 0.271 e. The molecular formula is C33H34N4O6S. The standard InChI is InChI=1S/C33H34N4O6S/c1-23-9-16-28(19-24(23)2)37(44(4,40)41)21-26-10-14-27(15-11-26)33(39)36-34-20-25-12-17-29(18-13-25)43-22-32(38)35-30-7-5-6-8-31(30)42-3/h5-20H,21-22H2,1-4H3,(H,35,38)(H,36,39)/b34-20-. The first kappa shape index (κ1) is 31.8. The Hall–Kier alpha value is -5.16. The smallest absolute Gasteiger partial charge is 0.271 e. The van der Waals surface area contributed by atoms with Crippen LogP contribution in [0.25, 0.3) is 0 Å². The van der Waals surface area contributed by atoms with Gasteiger partial charge in [0.15, 0.2) is 6.61 Å². The number of para-hydroxylation sites is 2. The Balaban J connectivity index is 1.28. The molecule has 44 heavy (non-hydrogen) atoms. The van der Waals surface area contributed by atoms with Crippen molar-refractivity contribution in [2.24, 2.45) is 5.10 Å². The number of carbonyl (C=O) groups is 2. The third-order valence-corrected chi connectivity index (χ3v) is 7.87. The van der Waals surface area contributed by atoms with Crippen LogP contribution in [0.5, 0.6) is 11.5 Å². The Labute approximate surface area is 257 Å². The Morgan fingerprint density at radius 3 is 2.27 bits per heavy atom. The molecule has 0 spiro atoms. The van der Waals surface area contributed by atoms with Crippen molar-refractivity contribution in [2.75, 3.05) is 29.6 Å². The topological polar surface area (TPSA) is 126 Å². The van der Waals surface area contributed by atoms with E-state index < -0.39 is 15.9 Å². The highest BCUT2D eigenvalue weighted by Gasteiger charge is 2.19. The summed E-state index contributed by atoms with van der Waals surface area (Å²) in [4.78, 5) is 24.8. The summed E-state index contributed by atoms with van der Waals surface area (Å²) in [5.74, 6) is 0.305. The summed E-state index contributed by atoms with van der Waals surface area (Å²) >= 11 is 0. The molecule has 0 atom stereocenters. The maximum absolute atomic E-state index is 12.6. The quantitative estimate of drug-likeness (QED) is 0.170. The zero-order valence-corrected chi connectivity index (χ0v) is 25.7. The number of hydrazone groups is 1. The molecule has 0 saturated heterocycles. The summed E-state index contributed by atoms with van der Waals surface area (Å²) in [6.45, 7) is 3.86. The van der Waals surface area contributed by atoms with Crippen molar-refractivity contribution in [3.63, 3.8) is 0 Å². The normalized spacial score (nSPS) is 11.2. The molecule has 0 aliphatic rings. The fraction of sp³-hybridized carbons (Fsp3) is 0.182. The van der Waals surface area contributed by atoms with Crippen molar-refractivity contribution < 1.29 is 27.5 Å². The summed E-state index contributed by atoms with van der Waals surface area (Å²) < 4.78 is 37.2. The van der Waals surface area contributed by atoms with Crippen LogP contribution >= 0.6 is 0 Å². The fourth-order valence-electron chi connectivity index (χ4n) is 4.17. The minimum atomic E-state index is -3.53. The van der Waals surface area contributed by atoms with Gasteiger partial charge in [-0.25, -0.2) is 13.8 Å². The van der Waals surface area contributed by atoms with Crippen molar-refractivity contribution in [2.45, 2.75) is 20.4 Å². The maximum atomic E-state index is 12.6. The molecule has 228 valence electrons. The molecule has 0 radical (unpaired) electrons. The third-order valence-electron chi connectivity index (χ3n) is 6.73. The molecule has 4 aromatic carbocycles. The lowest BCUT2D eigenvalue weighted by molar-refractivity contribution is -0.118. The monoisotopic (exact) mass is 614 g/mol. The van der Waals surface area contributed by atoms with Gasteiger partial charge in [-0.1, -0.05) is 30.3 Å². The van der Waals surface area contributed by atoms with E-state index in [0.29, 0.717) is 34.0 Å². The SMILES string of the molecule is COc1ccccc1NC(=O)COc1ccc(/C=N\NC(=O)c2ccc(CN(c3ccc(C)c(C)c3)S(C)(=O)=O)cc2)cc1. The largest absolute Gasteiger partial charge is 0.495 e. The fourth-order valence-corrected chi connectivity index (χ4v) is 5.05. The number of nitrogens with one attached hydrogen (secondary N) is 2. The second-order valence-electron chi connectivity index (χ2n) is 10.0. The van der Waals surface area contributed by atoms with Gasteiger partial charge in [0.2, 0.25) is 10.0 Å². The lowest BCUT2D eigenvalue weighted by Crippen LogP contribution is -2.29. The summed E-state index contributed by atoms with van der Waals surface area (Å²) in [7, 11) is -2.00. The number of carbonyl (C=O) groups excluding carboxylic acids is 2. The van der Waals surface area contributed by atoms with Crippen LogP contribution in [0.3, 0.4) is 0 Å². The van der Waals surface area contributed by atoms with Gasteiger partial charge >= 0.3 is 0 Å². The number of rotatable bonds is 12. The van der Waals surface area contributed by atoms with E-state index in [-0.39, 0.29) is 19.1 Å². The molecule has 2 amide bonds. The molecule has 4 aromatic rings. The molecule has 11 heteroatoms. The van der Waals surface area contributed by atoms with E-state index in [1.54, 1.807) is 72.8 Å². The van der Waals surface area contributed by atoms with Gasteiger partial charge in [0.1, 0.15) is 11.5 Å². The van der Waals surface area contributed by atoms with Crippen LogP contribution in [0.2, 0.25) is 0 Å². The van der Waals surface area contributed by atoms with E-state index in [0.717, 1.165) is 16.7 Å². The molecule has 2 N–H and O–H groups in total. The number of amides is 2. The van der Waals surface area contributed by atoms with Crippen LogP contribution in [0.1, 0.15) is 32.6 Å². The summed E-state index contributed by atoms with van der Waals surface area (Å²) in [6.07, 6.45) is 2.66. The minimum Gasteiger partial charge on any atom is -0.495 e. The summed E-state index contributed by atoms with van der Waals surface area (Å²) in [5.41, 5.74) is 7.51. The first-order valence-electron chi connectivity index (χ1n) is 13.7. The molecule has 0 fully saturated rings. The van der Waals surface area contributed by atoms with Gasteiger partial charge < -0.3 is 14.8 Å². The molecule has 10 nitrogen and oxygen atoms in total. The number of aryl methyl sites for hydroxylation is 2. The van der Waals surface area contributed by atoms with Gasteiger partial charge in [-0.05, 0) is 96.8 Å². The zero-order chi connectivity index (χ0) is 31.7. The first-order valence-corrected chi connectivity index (χ1v) is 15.5. The lowest BCUT2D eigenvalue weighted by Gasteiger charge is -2.23. The van der Waals surface area contributed by atoms with Gasteiger partial charge in [-0.2, -0.15) is 5.10 Å². The molecule has 0 saturated carbocycles. The molecule has 0 heterocycles. The molecule has 0 aromatic heterocycles. The average Bonchev–Trinajstić information content (AvgIpc) is 3.01. The first-order chi connectivity index (χ1) is 21.0. The molecule has 0 aliphatic heterocycles. The lowest BCUT2D eigenvalue weighted by atomic mass is 10.1. The Bertz CT molecular complexity index is 1750. The van der Waals surface area contributed by atoms with Crippen molar-refractivity contribution in [3.8, 4) is 11.5 Å². The van der Waals surface area contributed by atoms with Gasteiger partial charge in [0.05, 0.1) is 37.5 Å². The van der Waals surface area contributed by atoms with E-state index in [4.69, 9.17) is 9.47 Å². The van der Waals surface area contributed by atoms with Crippen molar-refractivity contribution >= 4 is 39.4 Å². The number of methoxy groups -OCH3 is 1. The number of sulfonamides is 1. The van der Waals surface area contributed by atoms with E-state index in [1.165, 1.54) is 23.9 Å². The second kappa shape index (κ2) is 14.3. The highest BCUT2D eigenvalue weighted by atomic mass is 32.2. The summed E-state index contributed by atoms with van der Waals surface area (Å²) in [5, 5.41) is 6.76. The highest BCUT2D eigenvalue weighted by Crippen LogP contribution is 2.24. The van der Waals surface area contributed by atoms with Crippen LogP contribution < -0.4 is 24.5 Å². The number of ether oxygens (including phenoxy) is 2. The van der Waals surface area contributed by atoms with Crippen LogP contribution in [-0.2, 0) is 21.4 Å². The van der Waals surface area contributed by atoms with Gasteiger partial charge in [-0.15, -0.1) is 0 Å². The van der Waals surface area contributed by atoms with Crippen molar-refractivity contribution in [1.29, 1.82) is 0 Å². The van der Waals surface area contributed by atoms with E-state index >= 15 is 0 Å². The molecule has 0 bridgehead atoms. The predicted molar refractivity (Wildman–Crippen MR) is 172 cm³/mol. The number of benzene rings is 4. The molecule has 0 aliphatic carbocycles. The van der Waals surface area contributed by atoms with Crippen LogP contribution in [0.15, 0.2) is 96.1 Å². The van der Waals surface area contributed by atoms with Crippen molar-refractivity contribution in [3.05, 3.63) is 119 Å². The van der Waals surface area contributed by atoms with E-state index in [1.807, 2.05) is 32.0 Å². The number of hydrogen-bond donors (Lipinski definition) is 2. The van der Waals surface area contributed by atoms with Crippen LogP contribution in [-0.4, -0.2) is 46.4 Å². The van der Waals surface area contributed by atoms with E-state index in [9.17, 15) is 18.0 Å². The average molecular weight is 615 g/mol. The van der Waals surface area contributed by atoms with Gasteiger partial charge in [0, 0.05) is 5.56 Å². The Kier molecular flexibility index (Phi) is 10.4. The van der Waals surface area contributed by atoms with E-state index in [2.05, 4.69) is 15.8 Å². The Morgan fingerprint density at radius 1 is 0.909 bits per heavy atom. The molecular weight excluding hydrogens is 580 g/mol. The van der Waals surface area contributed by atoms with Gasteiger partial charge in [0.25, 0.3) is 11.8 Å². The van der Waals surface area contributed by atoms with Crippen LogP contribution in [0.4, 0.5) is 11.4 Å². The number of anilines is 2. The molecule has 4 rings (SSSR count). The zero-order valence-electron chi connectivity index (χ0n) is 24.9. The third kappa shape index (κ3) is 8.68.